The number of benzene rings is 4. The van der Waals surface area contributed by atoms with Crippen molar-refractivity contribution in [3.8, 4) is 0 Å². The number of carbonyl (C=O) groups excluding carboxylic acids is 2. The molecular formula is C30H22ClF2N3O2. The third kappa shape index (κ3) is 5.19. The molecule has 0 aromatic heterocycles. The Balaban J connectivity index is 1.59. The highest BCUT2D eigenvalue weighted by molar-refractivity contribution is 6.23. The number of aliphatic imine (C=N–C) groups is 1. The molecule has 0 saturated carbocycles. The Morgan fingerprint density at radius 1 is 0.842 bits per heavy atom. The fourth-order valence-corrected chi connectivity index (χ4v) is 4.46. The molecule has 1 aliphatic heterocycles. The second-order valence-electron chi connectivity index (χ2n) is 8.67. The predicted octanol–water partition coefficient (Wildman–Crippen LogP) is 6.67. The van der Waals surface area contributed by atoms with Gasteiger partial charge >= 0.3 is 0 Å². The van der Waals surface area contributed by atoms with Crippen molar-refractivity contribution < 1.29 is 18.4 Å². The molecule has 4 aromatic carbocycles. The maximum Gasteiger partial charge on any atom is 0.251 e. The Bertz CT molecular complexity index is 1540. The van der Waals surface area contributed by atoms with Gasteiger partial charge in [0.2, 0.25) is 5.91 Å². The van der Waals surface area contributed by atoms with Crippen LogP contribution < -0.4 is 10.2 Å². The number of alkyl halides is 1. The first-order valence-electron chi connectivity index (χ1n) is 11.9. The molecule has 5 nitrogen and oxygen atoms in total. The lowest BCUT2D eigenvalue weighted by Crippen LogP contribution is -2.27. The lowest BCUT2D eigenvalue weighted by atomic mass is 10.00. The summed E-state index contributed by atoms with van der Waals surface area (Å²) in [6, 6.07) is 24.1. The SMILES string of the molecule is O=C(NCc1ccc(F)cc1)c1ccc2c(c1)N=C(c1ccc(F)cc1)c1ccccc1N2C(=O)CCCl. The van der Waals surface area contributed by atoms with Crippen molar-refractivity contribution >= 4 is 46.2 Å². The minimum Gasteiger partial charge on any atom is -0.348 e. The molecule has 0 fully saturated rings. The zero-order valence-corrected chi connectivity index (χ0v) is 20.9. The van der Waals surface area contributed by atoms with Crippen molar-refractivity contribution in [1.82, 2.24) is 5.32 Å². The molecule has 5 rings (SSSR count). The Hall–Kier alpha value is -4.36. The van der Waals surface area contributed by atoms with Crippen LogP contribution in [0.4, 0.5) is 25.8 Å². The number of halogens is 3. The number of para-hydroxylation sites is 1. The summed E-state index contributed by atoms with van der Waals surface area (Å²) in [6.45, 7) is 0.214. The van der Waals surface area contributed by atoms with Crippen LogP contribution in [0.1, 0.15) is 33.5 Å². The molecule has 1 N–H and O–H groups in total. The zero-order chi connectivity index (χ0) is 26.6. The predicted molar refractivity (Wildman–Crippen MR) is 145 cm³/mol. The number of carbonyl (C=O) groups is 2. The van der Waals surface area contributed by atoms with E-state index in [0.29, 0.717) is 39.5 Å². The van der Waals surface area contributed by atoms with E-state index in [9.17, 15) is 18.4 Å². The third-order valence-corrected chi connectivity index (χ3v) is 6.34. The van der Waals surface area contributed by atoms with Gasteiger partial charge in [-0.2, -0.15) is 0 Å². The number of anilines is 2. The van der Waals surface area contributed by atoms with E-state index < -0.39 is 0 Å². The molecule has 8 heteroatoms. The monoisotopic (exact) mass is 529 g/mol. The molecule has 190 valence electrons. The molecule has 0 spiro atoms. The standard InChI is InChI=1S/C30H22ClF2N3O2/c31-16-15-28(37)36-26-4-2-1-3-24(26)29(20-7-12-23(33)13-8-20)35-25-17-21(9-14-27(25)36)30(38)34-18-19-5-10-22(32)11-6-19/h1-14,17H,15-16,18H2,(H,34,38). The van der Waals surface area contributed by atoms with Gasteiger partial charge in [0.15, 0.2) is 0 Å². The van der Waals surface area contributed by atoms with Crippen LogP contribution in [0, 0.1) is 11.6 Å². The van der Waals surface area contributed by atoms with Crippen LogP contribution in [0.15, 0.2) is 96.0 Å². The Morgan fingerprint density at radius 2 is 1.53 bits per heavy atom. The van der Waals surface area contributed by atoms with Gasteiger partial charge in [0, 0.05) is 35.5 Å². The summed E-state index contributed by atoms with van der Waals surface area (Å²) in [5.74, 6) is -1.16. The number of fused-ring (bicyclic) bond motifs is 2. The lowest BCUT2D eigenvalue weighted by Gasteiger charge is -2.24. The summed E-state index contributed by atoms with van der Waals surface area (Å²) in [4.78, 5) is 32.8. The van der Waals surface area contributed by atoms with Crippen molar-refractivity contribution in [1.29, 1.82) is 0 Å². The number of hydrogen-bond donors (Lipinski definition) is 1. The molecule has 0 saturated heterocycles. The highest BCUT2D eigenvalue weighted by Crippen LogP contribution is 2.41. The number of rotatable bonds is 6. The van der Waals surface area contributed by atoms with Crippen molar-refractivity contribution in [2.24, 2.45) is 4.99 Å². The minimum absolute atomic E-state index is 0.0983. The third-order valence-electron chi connectivity index (χ3n) is 6.15. The molecular weight excluding hydrogens is 508 g/mol. The molecule has 1 aliphatic rings. The number of amides is 2. The lowest BCUT2D eigenvalue weighted by molar-refractivity contribution is -0.117. The first-order valence-corrected chi connectivity index (χ1v) is 12.5. The van der Waals surface area contributed by atoms with Crippen LogP contribution in [0.3, 0.4) is 0 Å². The minimum atomic E-state index is -0.379. The number of nitrogens with one attached hydrogen (secondary N) is 1. The number of nitrogens with zero attached hydrogens (tertiary/aromatic N) is 2. The average Bonchev–Trinajstić information content (AvgIpc) is 3.07. The van der Waals surface area contributed by atoms with Crippen LogP contribution >= 0.6 is 11.6 Å². The van der Waals surface area contributed by atoms with E-state index in [-0.39, 0.29) is 42.3 Å². The molecule has 1 heterocycles. The van der Waals surface area contributed by atoms with Gasteiger partial charge < -0.3 is 5.32 Å². The molecule has 2 amide bonds. The van der Waals surface area contributed by atoms with Crippen molar-refractivity contribution in [3.63, 3.8) is 0 Å². The van der Waals surface area contributed by atoms with E-state index in [0.717, 1.165) is 5.56 Å². The van der Waals surface area contributed by atoms with Crippen molar-refractivity contribution in [3.05, 3.63) is 125 Å². The van der Waals surface area contributed by atoms with Gasteiger partial charge in [0.05, 0.1) is 22.8 Å². The second kappa shape index (κ2) is 10.9. The maximum atomic E-state index is 13.7. The Morgan fingerprint density at radius 3 is 2.24 bits per heavy atom. The largest absolute Gasteiger partial charge is 0.348 e. The molecule has 4 aromatic rings. The summed E-state index contributed by atoms with van der Waals surface area (Å²) in [5, 5.41) is 2.83. The fourth-order valence-electron chi connectivity index (χ4n) is 4.30. The van der Waals surface area contributed by atoms with Gasteiger partial charge in [-0.25, -0.2) is 13.8 Å². The van der Waals surface area contributed by atoms with Gasteiger partial charge in [0.1, 0.15) is 11.6 Å². The molecule has 0 bridgehead atoms. The van der Waals surface area contributed by atoms with Gasteiger partial charge in [-0.15, -0.1) is 11.6 Å². The van der Waals surface area contributed by atoms with Crippen LogP contribution in [0.5, 0.6) is 0 Å². The maximum absolute atomic E-state index is 13.7. The van der Waals surface area contributed by atoms with Crippen molar-refractivity contribution in [2.45, 2.75) is 13.0 Å². The van der Waals surface area contributed by atoms with Gasteiger partial charge in [-0.1, -0.05) is 30.3 Å². The molecule has 0 aliphatic carbocycles. The normalized spacial score (nSPS) is 12.2. The summed E-state index contributed by atoms with van der Waals surface area (Å²) in [5.41, 5.74) is 4.47. The van der Waals surface area contributed by atoms with Gasteiger partial charge in [-0.05, 0) is 66.2 Å². The van der Waals surface area contributed by atoms with Crippen LogP contribution in [0.25, 0.3) is 0 Å². The summed E-state index contributed by atoms with van der Waals surface area (Å²) in [7, 11) is 0. The van der Waals surface area contributed by atoms with Gasteiger partial charge in [0.25, 0.3) is 5.91 Å². The first kappa shape index (κ1) is 25.3. The van der Waals surface area contributed by atoms with Crippen LogP contribution in [-0.4, -0.2) is 23.4 Å². The average molecular weight is 530 g/mol. The summed E-state index contributed by atoms with van der Waals surface area (Å²) in [6.07, 6.45) is 0.0983. The summed E-state index contributed by atoms with van der Waals surface area (Å²) < 4.78 is 26.9. The first-order chi connectivity index (χ1) is 18.4. The molecule has 0 unspecified atom stereocenters. The van der Waals surface area contributed by atoms with E-state index in [2.05, 4.69) is 5.32 Å². The van der Waals surface area contributed by atoms with Crippen LogP contribution in [-0.2, 0) is 11.3 Å². The van der Waals surface area contributed by atoms with E-state index in [1.807, 2.05) is 24.3 Å². The van der Waals surface area contributed by atoms with E-state index in [1.165, 1.54) is 24.3 Å². The number of hydrogen-bond acceptors (Lipinski definition) is 3. The smallest absolute Gasteiger partial charge is 0.251 e. The second-order valence-corrected chi connectivity index (χ2v) is 9.04. The van der Waals surface area contributed by atoms with Crippen LogP contribution in [0.2, 0.25) is 0 Å². The van der Waals surface area contributed by atoms with E-state index >= 15 is 0 Å². The highest BCUT2D eigenvalue weighted by Gasteiger charge is 2.28. The highest BCUT2D eigenvalue weighted by atomic mass is 35.5. The fraction of sp³-hybridized carbons (Fsp3) is 0.100. The topological polar surface area (TPSA) is 61.8 Å². The molecule has 0 radical (unpaired) electrons. The van der Waals surface area contributed by atoms with Crippen molar-refractivity contribution in [2.75, 3.05) is 10.8 Å². The zero-order valence-electron chi connectivity index (χ0n) is 20.1. The quantitative estimate of drug-likeness (QED) is 0.283. The summed E-state index contributed by atoms with van der Waals surface area (Å²) >= 11 is 5.93. The van der Waals surface area contributed by atoms with Gasteiger partial charge in [-0.3, -0.25) is 14.5 Å². The van der Waals surface area contributed by atoms with E-state index in [4.69, 9.17) is 16.6 Å². The van der Waals surface area contributed by atoms with E-state index in [1.54, 1.807) is 47.4 Å². The molecule has 0 atom stereocenters. The Kier molecular flexibility index (Phi) is 7.29. The molecule has 38 heavy (non-hydrogen) atoms. The Labute approximate surface area is 223 Å².